The van der Waals surface area contributed by atoms with Crippen LogP contribution in [0.2, 0.25) is 0 Å². The monoisotopic (exact) mass is 310 g/mol. The van der Waals surface area contributed by atoms with E-state index in [9.17, 15) is 4.79 Å². The lowest BCUT2D eigenvalue weighted by Gasteiger charge is -2.23. The summed E-state index contributed by atoms with van der Waals surface area (Å²) in [7, 11) is 0. The first kappa shape index (κ1) is 15.7. The van der Waals surface area contributed by atoms with Gasteiger partial charge in [0.15, 0.2) is 0 Å². The smallest absolute Gasteiger partial charge is 0.222 e. The molecule has 4 nitrogen and oxygen atoms in total. The molecule has 1 atom stereocenters. The van der Waals surface area contributed by atoms with Crippen molar-refractivity contribution < 1.29 is 9.53 Å². The van der Waals surface area contributed by atoms with Gasteiger partial charge in [-0.1, -0.05) is 48.5 Å². The van der Waals surface area contributed by atoms with Crippen LogP contribution in [0.25, 0.3) is 11.1 Å². The topological polar surface area (TPSA) is 50.4 Å². The van der Waals surface area contributed by atoms with Gasteiger partial charge in [0.05, 0.1) is 19.1 Å². The molecule has 23 heavy (non-hydrogen) atoms. The van der Waals surface area contributed by atoms with E-state index in [0.717, 1.165) is 24.2 Å². The molecule has 2 aromatic rings. The van der Waals surface area contributed by atoms with Gasteiger partial charge in [0.1, 0.15) is 0 Å². The Hall–Kier alpha value is -2.17. The van der Waals surface area contributed by atoms with Crippen molar-refractivity contribution in [3.05, 3.63) is 60.2 Å². The van der Waals surface area contributed by atoms with Gasteiger partial charge >= 0.3 is 0 Å². The number of morpholine rings is 1. The second kappa shape index (κ2) is 7.90. The lowest BCUT2D eigenvalue weighted by Crippen LogP contribution is -2.41. The standard InChI is InChI=1S/C19H22N2O2/c22-19(12-18-14-20-9-10-23-18)21-13-15-5-4-8-17(11-15)16-6-2-1-3-7-16/h1-8,11,18,20H,9-10,12-14H2,(H,21,22)/t18-/m0/s1. The van der Waals surface area contributed by atoms with Gasteiger partial charge in [-0.25, -0.2) is 0 Å². The zero-order chi connectivity index (χ0) is 15.9. The molecule has 1 aliphatic rings. The fourth-order valence-corrected chi connectivity index (χ4v) is 2.72. The Morgan fingerprint density at radius 1 is 1.13 bits per heavy atom. The molecule has 0 bridgehead atoms. The van der Waals surface area contributed by atoms with Crippen LogP contribution in [-0.2, 0) is 16.1 Å². The van der Waals surface area contributed by atoms with Crippen LogP contribution >= 0.6 is 0 Å². The molecule has 0 saturated carbocycles. The molecule has 2 aromatic carbocycles. The normalized spacial score (nSPS) is 17.7. The fourth-order valence-electron chi connectivity index (χ4n) is 2.72. The summed E-state index contributed by atoms with van der Waals surface area (Å²) in [4.78, 5) is 12.0. The maximum Gasteiger partial charge on any atom is 0.222 e. The van der Waals surface area contributed by atoms with Gasteiger partial charge in [0.2, 0.25) is 5.91 Å². The maximum atomic E-state index is 12.0. The summed E-state index contributed by atoms with van der Waals surface area (Å²) in [6.07, 6.45) is 0.394. The summed E-state index contributed by atoms with van der Waals surface area (Å²) in [6.45, 7) is 2.83. The van der Waals surface area contributed by atoms with E-state index in [1.807, 2.05) is 30.3 Å². The third-order valence-corrected chi connectivity index (χ3v) is 3.94. The minimum atomic E-state index is -0.0144. The molecule has 0 unspecified atom stereocenters. The molecule has 1 saturated heterocycles. The van der Waals surface area contributed by atoms with Crippen molar-refractivity contribution in [1.29, 1.82) is 0 Å². The molecule has 0 aromatic heterocycles. The predicted molar refractivity (Wildman–Crippen MR) is 91.0 cm³/mol. The quantitative estimate of drug-likeness (QED) is 0.891. The molecule has 0 radical (unpaired) electrons. The van der Waals surface area contributed by atoms with Crippen LogP contribution < -0.4 is 10.6 Å². The maximum absolute atomic E-state index is 12.0. The number of hydrogen-bond acceptors (Lipinski definition) is 3. The van der Waals surface area contributed by atoms with Gasteiger partial charge < -0.3 is 15.4 Å². The number of rotatable bonds is 5. The first-order valence-electron chi connectivity index (χ1n) is 8.04. The highest BCUT2D eigenvalue weighted by Gasteiger charge is 2.16. The van der Waals surface area contributed by atoms with Crippen LogP contribution in [0.15, 0.2) is 54.6 Å². The number of carbonyl (C=O) groups excluding carboxylic acids is 1. The summed E-state index contributed by atoms with van der Waals surface area (Å²) in [6, 6.07) is 18.5. The molecule has 4 heteroatoms. The van der Waals surface area contributed by atoms with Gasteiger partial charge in [0.25, 0.3) is 0 Å². The number of benzene rings is 2. The Bertz CT molecular complexity index is 637. The molecule has 120 valence electrons. The Balaban J connectivity index is 1.55. The second-order valence-corrected chi connectivity index (χ2v) is 5.74. The van der Waals surface area contributed by atoms with Gasteiger partial charge in [-0.15, -0.1) is 0 Å². The van der Waals surface area contributed by atoms with Crippen molar-refractivity contribution in [3.8, 4) is 11.1 Å². The largest absolute Gasteiger partial charge is 0.375 e. The van der Waals surface area contributed by atoms with Gasteiger partial charge in [-0.3, -0.25) is 4.79 Å². The summed E-state index contributed by atoms with van der Waals surface area (Å²) in [5.41, 5.74) is 3.45. The van der Waals surface area contributed by atoms with E-state index in [0.29, 0.717) is 19.6 Å². The van der Waals surface area contributed by atoms with Crippen LogP contribution in [0.1, 0.15) is 12.0 Å². The molecule has 3 rings (SSSR count). The molecular weight excluding hydrogens is 288 g/mol. The van der Waals surface area contributed by atoms with Gasteiger partial charge in [0, 0.05) is 19.6 Å². The lowest BCUT2D eigenvalue weighted by atomic mass is 10.0. The third-order valence-electron chi connectivity index (χ3n) is 3.94. The Labute approximate surface area is 136 Å². The molecule has 1 amide bonds. The number of nitrogens with one attached hydrogen (secondary N) is 2. The van der Waals surface area contributed by atoms with Crippen molar-refractivity contribution in [2.45, 2.75) is 19.1 Å². The van der Waals surface area contributed by atoms with E-state index in [4.69, 9.17) is 4.74 Å². The number of amides is 1. The number of ether oxygens (including phenoxy) is 1. The van der Waals surface area contributed by atoms with E-state index in [2.05, 4.69) is 34.9 Å². The van der Waals surface area contributed by atoms with Crippen LogP contribution in [0.5, 0.6) is 0 Å². The molecule has 0 spiro atoms. The Morgan fingerprint density at radius 3 is 2.74 bits per heavy atom. The molecule has 0 aliphatic carbocycles. The SMILES string of the molecule is O=C(C[C@H]1CNCCO1)NCc1cccc(-c2ccccc2)c1. The predicted octanol–water partition coefficient (Wildman–Crippen LogP) is 2.35. The van der Waals surface area contributed by atoms with Crippen molar-refractivity contribution in [3.63, 3.8) is 0 Å². The first-order chi connectivity index (χ1) is 11.3. The van der Waals surface area contributed by atoms with Crippen molar-refractivity contribution >= 4 is 5.91 Å². The highest BCUT2D eigenvalue weighted by Crippen LogP contribution is 2.19. The van der Waals surface area contributed by atoms with E-state index in [-0.39, 0.29) is 12.0 Å². The van der Waals surface area contributed by atoms with Gasteiger partial charge in [-0.2, -0.15) is 0 Å². The zero-order valence-electron chi connectivity index (χ0n) is 13.1. The van der Waals surface area contributed by atoms with Crippen molar-refractivity contribution in [2.75, 3.05) is 19.7 Å². The zero-order valence-corrected chi connectivity index (χ0v) is 13.1. The molecule has 1 fully saturated rings. The van der Waals surface area contributed by atoms with E-state index >= 15 is 0 Å². The van der Waals surface area contributed by atoms with E-state index in [1.54, 1.807) is 0 Å². The van der Waals surface area contributed by atoms with E-state index in [1.165, 1.54) is 5.56 Å². The first-order valence-corrected chi connectivity index (χ1v) is 8.04. The minimum absolute atomic E-state index is 0.0144. The fraction of sp³-hybridized carbons (Fsp3) is 0.316. The highest BCUT2D eigenvalue weighted by atomic mass is 16.5. The summed E-state index contributed by atoms with van der Waals surface area (Å²) in [5, 5.41) is 6.21. The number of carbonyl (C=O) groups is 1. The van der Waals surface area contributed by atoms with Crippen molar-refractivity contribution in [2.24, 2.45) is 0 Å². The highest BCUT2D eigenvalue weighted by molar-refractivity contribution is 5.76. The summed E-state index contributed by atoms with van der Waals surface area (Å²) < 4.78 is 5.55. The van der Waals surface area contributed by atoms with Crippen LogP contribution in [-0.4, -0.2) is 31.7 Å². The van der Waals surface area contributed by atoms with Crippen LogP contribution in [0, 0.1) is 0 Å². The van der Waals surface area contributed by atoms with Crippen LogP contribution in [0.4, 0.5) is 0 Å². The van der Waals surface area contributed by atoms with Crippen LogP contribution in [0.3, 0.4) is 0 Å². The Kier molecular flexibility index (Phi) is 5.40. The van der Waals surface area contributed by atoms with Gasteiger partial charge in [-0.05, 0) is 22.8 Å². The lowest BCUT2D eigenvalue weighted by molar-refractivity contribution is -0.124. The van der Waals surface area contributed by atoms with E-state index < -0.39 is 0 Å². The number of hydrogen-bond donors (Lipinski definition) is 2. The summed E-state index contributed by atoms with van der Waals surface area (Å²) in [5.74, 6) is 0.0313. The molecular formula is C19H22N2O2. The average Bonchev–Trinajstić information content (AvgIpc) is 2.62. The molecule has 2 N–H and O–H groups in total. The second-order valence-electron chi connectivity index (χ2n) is 5.74. The third kappa shape index (κ3) is 4.65. The minimum Gasteiger partial charge on any atom is -0.375 e. The Morgan fingerprint density at radius 2 is 1.96 bits per heavy atom. The van der Waals surface area contributed by atoms with Crippen molar-refractivity contribution in [1.82, 2.24) is 10.6 Å². The molecule has 1 heterocycles. The summed E-state index contributed by atoms with van der Waals surface area (Å²) >= 11 is 0. The average molecular weight is 310 g/mol. The molecule has 1 aliphatic heterocycles.